The van der Waals surface area contributed by atoms with Crippen LogP contribution in [0.15, 0.2) is 42.5 Å². The highest BCUT2D eigenvalue weighted by atomic mass is 32.2. The first-order valence-electron chi connectivity index (χ1n) is 8.13. The molecule has 2 aromatic rings. The average molecular weight is 389 g/mol. The normalized spacial score (nSPS) is 13.6. The Morgan fingerprint density at radius 3 is 2.70 bits per heavy atom. The van der Waals surface area contributed by atoms with Crippen molar-refractivity contribution < 1.29 is 22.7 Å². The van der Waals surface area contributed by atoms with E-state index in [1.807, 2.05) is 0 Å². The fourth-order valence-electron chi connectivity index (χ4n) is 2.68. The molecule has 0 spiro atoms. The van der Waals surface area contributed by atoms with Gasteiger partial charge in [0.2, 0.25) is 15.9 Å². The number of fused-ring (bicyclic) bond motifs is 1. The Morgan fingerprint density at radius 1 is 1.22 bits per heavy atom. The lowest BCUT2D eigenvalue weighted by Gasteiger charge is -2.28. The first kappa shape index (κ1) is 18.7. The molecule has 2 N–H and O–H groups in total. The lowest BCUT2D eigenvalue weighted by molar-refractivity contribution is -0.123. The summed E-state index contributed by atoms with van der Waals surface area (Å²) in [6, 6.07) is 11.9. The maximum Gasteiger partial charge on any atom is 0.265 e. The summed E-state index contributed by atoms with van der Waals surface area (Å²) in [4.78, 5) is 25.9. The third-order valence-corrected chi connectivity index (χ3v) is 4.52. The predicted molar refractivity (Wildman–Crippen MR) is 103 cm³/mol. The van der Waals surface area contributed by atoms with Crippen LogP contribution in [0.2, 0.25) is 0 Å². The number of amides is 2. The molecule has 0 bridgehead atoms. The van der Waals surface area contributed by atoms with E-state index in [1.165, 1.54) is 11.0 Å². The van der Waals surface area contributed by atoms with Gasteiger partial charge in [-0.3, -0.25) is 19.2 Å². The molecule has 9 heteroatoms. The summed E-state index contributed by atoms with van der Waals surface area (Å²) in [5, 5.41) is 2.69. The van der Waals surface area contributed by atoms with Crippen molar-refractivity contribution in [2.24, 2.45) is 0 Å². The molecule has 0 saturated carbocycles. The number of aryl methyl sites for hydroxylation is 1. The molecule has 1 aliphatic rings. The average Bonchev–Trinajstić information content (AvgIpc) is 2.59. The number of nitrogens with one attached hydrogen (secondary N) is 2. The fourth-order valence-corrected chi connectivity index (χ4v) is 3.30. The van der Waals surface area contributed by atoms with E-state index >= 15 is 0 Å². The van der Waals surface area contributed by atoms with Crippen molar-refractivity contribution in [1.82, 2.24) is 0 Å². The van der Waals surface area contributed by atoms with Crippen LogP contribution in [0.4, 0.5) is 17.1 Å². The molecule has 142 valence electrons. The molecule has 0 atom stereocenters. The Kier molecular flexibility index (Phi) is 5.04. The number of para-hydroxylation sites is 2. The van der Waals surface area contributed by atoms with Crippen molar-refractivity contribution in [2.75, 3.05) is 34.3 Å². The van der Waals surface area contributed by atoms with Gasteiger partial charge in [-0.15, -0.1) is 0 Å². The molecule has 1 heterocycles. The number of carbonyl (C=O) groups excluding carboxylic acids is 2. The van der Waals surface area contributed by atoms with Crippen LogP contribution in [0.25, 0.3) is 0 Å². The number of nitrogens with zero attached hydrogens (tertiary/aromatic N) is 1. The Hall–Kier alpha value is -3.07. The summed E-state index contributed by atoms with van der Waals surface area (Å²) in [6.07, 6.45) is 1.05. The number of ether oxygens (including phenoxy) is 1. The number of rotatable bonds is 5. The van der Waals surface area contributed by atoms with Crippen LogP contribution in [-0.2, 0) is 19.6 Å². The molecule has 27 heavy (non-hydrogen) atoms. The third kappa shape index (κ3) is 4.56. The van der Waals surface area contributed by atoms with Gasteiger partial charge in [0.05, 0.1) is 17.6 Å². The maximum atomic E-state index is 12.4. The number of hydrogen-bond acceptors (Lipinski definition) is 5. The van der Waals surface area contributed by atoms with Crippen molar-refractivity contribution in [3.63, 3.8) is 0 Å². The third-order valence-electron chi connectivity index (χ3n) is 3.93. The van der Waals surface area contributed by atoms with Gasteiger partial charge in [0.25, 0.3) is 5.91 Å². The van der Waals surface area contributed by atoms with Gasteiger partial charge in [-0.05, 0) is 36.8 Å². The van der Waals surface area contributed by atoms with Crippen molar-refractivity contribution >= 4 is 38.9 Å². The summed E-state index contributed by atoms with van der Waals surface area (Å²) in [5.74, 6) is -0.179. The first-order valence-corrected chi connectivity index (χ1v) is 10.0. The second-order valence-corrected chi connectivity index (χ2v) is 7.94. The minimum atomic E-state index is -3.44. The Balaban J connectivity index is 1.75. The second-order valence-electron chi connectivity index (χ2n) is 6.19. The number of carbonyl (C=O) groups is 2. The van der Waals surface area contributed by atoms with Gasteiger partial charge in [0.1, 0.15) is 12.3 Å². The summed E-state index contributed by atoms with van der Waals surface area (Å²) >= 11 is 0. The van der Waals surface area contributed by atoms with E-state index in [2.05, 4.69) is 10.0 Å². The molecule has 2 aromatic carbocycles. The van der Waals surface area contributed by atoms with Crippen LogP contribution in [-0.4, -0.2) is 39.6 Å². The zero-order valence-corrected chi connectivity index (χ0v) is 15.7. The van der Waals surface area contributed by atoms with Gasteiger partial charge < -0.3 is 10.1 Å². The van der Waals surface area contributed by atoms with E-state index in [4.69, 9.17) is 4.74 Å². The number of sulfonamides is 1. The van der Waals surface area contributed by atoms with Crippen molar-refractivity contribution in [2.45, 2.75) is 6.92 Å². The Morgan fingerprint density at radius 2 is 1.96 bits per heavy atom. The molecule has 0 unspecified atom stereocenters. The van der Waals surface area contributed by atoms with Crippen molar-refractivity contribution in [3.05, 3.63) is 48.0 Å². The topological polar surface area (TPSA) is 105 Å². The molecule has 0 aromatic heterocycles. The minimum absolute atomic E-state index is 0.128. The van der Waals surface area contributed by atoms with Crippen LogP contribution >= 0.6 is 0 Å². The number of anilines is 3. The van der Waals surface area contributed by atoms with Gasteiger partial charge in [-0.2, -0.15) is 0 Å². The van der Waals surface area contributed by atoms with E-state index in [0.29, 0.717) is 22.8 Å². The van der Waals surface area contributed by atoms with Gasteiger partial charge in [0, 0.05) is 5.69 Å². The molecule has 0 aliphatic carbocycles. The van der Waals surface area contributed by atoms with Gasteiger partial charge in [0.15, 0.2) is 6.61 Å². The minimum Gasteiger partial charge on any atom is -0.482 e. The van der Waals surface area contributed by atoms with Gasteiger partial charge >= 0.3 is 0 Å². The van der Waals surface area contributed by atoms with Crippen LogP contribution in [0.5, 0.6) is 5.75 Å². The van der Waals surface area contributed by atoms with Gasteiger partial charge in [-0.25, -0.2) is 8.42 Å². The molecule has 0 saturated heterocycles. The van der Waals surface area contributed by atoms with E-state index < -0.39 is 15.9 Å². The van der Waals surface area contributed by atoms with Crippen LogP contribution in [0.3, 0.4) is 0 Å². The highest BCUT2D eigenvalue weighted by Gasteiger charge is 2.27. The van der Waals surface area contributed by atoms with Crippen molar-refractivity contribution in [1.29, 1.82) is 0 Å². The zero-order chi connectivity index (χ0) is 19.6. The standard InChI is InChI=1S/C18H19N3O5S/c1-12-7-8-13(9-14(12)20-27(2,24)25)19-17(22)10-21-15-5-3-4-6-16(15)26-11-18(21)23/h3-9,20H,10-11H2,1-2H3,(H,19,22). The largest absolute Gasteiger partial charge is 0.482 e. The predicted octanol–water partition coefficient (Wildman–Crippen LogP) is 1.73. The quantitative estimate of drug-likeness (QED) is 0.810. The van der Waals surface area contributed by atoms with Crippen LogP contribution in [0.1, 0.15) is 5.56 Å². The second kappa shape index (κ2) is 7.28. The Bertz CT molecular complexity index is 1000. The summed E-state index contributed by atoms with van der Waals surface area (Å²) in [6.45, 7) is 1.45. The zero-order valence-electron chi connectivity index (χ0n) is 14.9. The van der Waals surface area contributed by atoms with E-state index in [1.54, 1.807) is 43.3 Å². The molecular weight excluding hydrogens is 370 g/mol. The smallest absolute Gasteiger partial charge is 0.265 e. The van der Waals surface area contributed by atoms with Gasteiger partial charge in [-0.1, -0.05) is 18.2 Å². The molecule has 2 amide bonds. The number of benzene rings is 2. The molecule has 3 rings (SSSR count). The lowest BCUT2D eigenvalue weighted by atomic mass is 10.2. The number of hydrogen-bond donors (Lipinski definition) is 2. The maximum absolute atomic E-state index is 12.4. The van der Waals surface area contributed by atoms with E-state index in [9.17, 15) is 18.0 Å². The first-order chi connectivity index (χ1) is 12.7. The molecule has 0 radical (unpaired) electrons. The lowest BCUT2D eigenvalue weighted by Crippen LogP contribution is -2.43. The summed E-state index contributed by atoms with van der Waals surface area (Å²) < 4.78 is 30.7. The molecule has 0 fully saturated rings. The SMILES string of the molecule is Cc1ccc(NC(=O)CN2C(=O)COc3ccccc32)cc1NS(C)(=O)=O. The molecule has 1 aliphatic heterocycles. The van der Waals surface area contributed by atoms with E-state index in [-0.39, 0.29) is 19.1 Å². The van der Waals surface area contributed by atoms with E-state index in [0.717, 1.165) is 11.8 Å². The van der Waals surface area contributed by atoms with Crippen LogP contribution in [0, 0.1) is 6.92 Å². The highest BCUT2D eigenvalue weighted by molar-refractivity contribution is 7.92. The summed E-state index contributed by atoms with van der Waals surface area (Å²) in [7, 11) is -3.44. The highest BCUT2D eigenvalue weighted by Crippen LogP contribution is 2.31. The van der Waals surface area contributed by atoms with Crippen LogP contribution < -0.4 is 19.7 Å². The molecular formula is C18H19N3O5S. The fraction of sp³-hybridized carbons (Fsp3) is 0.222. The van der Waals surface area contributed by atoms with Crippen molar-refractivity contribution in [3.8, 4) is 5.75 Å². The monoisotopic (exact) mass is 389 g/mol. The summed E-state index contributed by atoms with van der Waals surface area (Å²) in [5.41, 5.74) is 2.05. The molecule has 8 nitrogen and oxygen atoms in total. The Labute approximate surface area is 157 Å².